The minimum Gasteiger partial charge on any atom is -0.349 e. The fraction of sp³-hybridized carbons (Fsp3) is 0.500. The van der Waals surface area contributed by atoms with Crippen LogP contribution in [-0.4, -0.2) is 37.0 Å². The lowest BCUT2D eigenvalue weighted by Crippen LogP contribution is -2.32. The zero-order chi connectivity index (χ0) is 16.1. The number of carbonyl (C=O) groups excluding carboxylic acids is 2. The molecule has 0 spiro atoms. The van der Waals surface area contributed by atoms with E-state index in [0.717, 1.165) is 17.0 Å². The molecule has 1 aliphatic rings. The molecule has 0 aromatic heterocycles. The maximum atomic E-state index is 12.1. The van der Waals surface area contributed by atoms with Gasteiger partial charge >= 0.3 is 6.03 Å². The number of nitrogens with zero attached hydrogens (tertiary/aromatic N) is 1. The van der Waals surface area contributed by atoms with Crippen LogP contribution in [-0.2, 0) is 4.79 Å². The molecule has 120 valence electrons. The van der Waals surface area contributed by atoms with E-state index in [1.54, 1.807) is 16.7 Å². The Kier molecular flexibility index (Phi) is 5.71. The average molecular weight is 321 g/mol. The molecule has 0 aliphatic carbocycles. The highest BCUT2D eigenvalue weighted by Crippen LogP contribution is 2.21. The van der Waals surface area contributed by atoms with Gasteiger partial charge in [-0.1, -0.05) is 19.1 Å². The lowest BCUT2D eigenvalue weighted by atomic mass is 10.1. The quantitative estimate of drug-likeness (QED) is 0.846. The van der Waals surface area contributed by atoms with Gasteiger partial charge < -0.3 is 10.6 Å². The Hall–Kier alpha value is -1.69. The van der Waals surface area contributed by atoms with Crippen molar-refractivity contribution >= 4 is 29.4 Å². The molecule has 3 amide bonds. The Morgan fingerprint density at radius 3 is 2.59 bits per heavy atom. The third-order valence-electron chi connectivity index (χ3n) is 3.78. The van der Waals surface area contributed by atoms with Gasteiger partial charge in [-0.15, -0.1) is 0 Å². The van der Waals surface area contributed by atoms with Crippen LogP contribution in [0.5, 0.6) is 0 Å². The Labute approximate surface area is 135 Å². The van der Waals surface area contributed by atoms with Gasteiger partial charge in [-0.05, 0) is 30.9 Å². The predicted molar refractivity (Wildman–Crippen MR) is 91.3 cm³/mol. The molecule has 22 heavy (non-hydrogen) atoms. The maximum absolute atomic E-state index is 12.1. The molecule has 0 saturated carbocycles. The molecule has 1 heterocycles. The van der Waals surface area contributed by atoms with Crippen LogP contribution in [0, 0.1) is 5.92 Å². The molecule has 2 unspecified atom stereocenters. The molecule has 1 aliphatic heterocycles. The number of carbonyl (C=O) groups is 2. The molecule has 2 N–H and O–H groups in total. The number of urea groups is 1. The number of hydrogen-bond donors (Lipinski definition) is 2. The van der Waals surface area contributed by atoms with Crippen LogP contribution in [0.25, 0.3) is 0 Å². The first-order valence-corrected chi connectivity index (χ1v) is 8.87. The highest BCUT2D eigenvalue weighted by Gasteiger charge is 2.21. The molecular formula is C16H23N3O2S. The van der Waals surface area contributed by atoms with Gasteiger partial charge in [-0.3, -0.25) is 9.69 Å². The second kappa shape index (κ2) is 7.54. The number of hydrogen-bond acceptors (Lipinski definition) is 3. The molecule has 1 aromatic carbocycles. The summed E-state index contributed by atoms with van der Waals surface area (Å²) >= 11 is 1.67. The molecule has 6 heteroatoms. The number of anilines is 1. The fourth-order valence-corrected chi connectivity index (χ4v) is 3.08. The van der Waals surface area contributed by atoms with E-state index in [0.29, 0.717) is 13.1 Å². The number of rotatable bonds is 6. The van der Waals surface area contributed by atoms with Crippen molar-refractivity contribution in [2.45, 2.75) is 19.9 Å². The van der Waals surface area contributed by atoms with Crippen LogP contribution in [0.3, 0.4) is 0 Å². The molecule has 0 radical (unpaired) electrons. The average Bonchev–Trinajstić information content (AvgIpc) is 2.93. The summed E-state index contributed by atoms with van der Waals surface area (Å²) in [7, 11) is 0. The van der Waals surface area contributed by atoms with Crippen LogP contribution in [0.15, 0.2) is 24.3 Å². The highest BCUT2D eigenvalue weighted by molar-refractivity contribution is 7.98. The summed E-state index contributed by atoms with van der Waals surface area (Å²) < 4.78 is 0. The molecule has 0 bridgehead atoms. The van der Waals surface area contributed by atoms with E-state index >= 15 is 0 Å². The minimum atomic E-state index is -0.0556. The van der Waals surface area contributed by atoms with Crippen LogP contribution in [0.1, 0.15) is 25.5 Å². The molecule has 2 atom stereocenters. The summed E-state index contributed by atoms with van der Waals surface area (Å²) in [6.07, 6.45) is 2.00. The Balaban J connectivity index is 1.97. The summed E-state index contributed by atoms with van der Waals surface area (Å²) in [5.41, 5.74) is 1.92. The topological polar surface area (TPSA) is 61.4 Å². The van der Waals surface area contributed by atoms with Crippen molar-refractivity contribution in [3.05, 3.63) is 29.8 Å². The summed E-state index contributed by atoms with van der Waals surface area (Å²) in [5, 5.41) is 5.82. The van der Waals surface area contributed by atoms with E-state index in [-0.39, 0.29) is 23.9 Å². The number of benzene rings is 1. The molecule has 5 nitrogen and oxygen atoms in total. The van der Waals surface area contributed by atoms with Gasteiger partial charge in [0.2, 0.25) is 5.91 Å². The molecular weight excluding hydrogens is 298 g/mol. The van der Waals surface area contributed by atoms with Crippen molar-refractivity contribution in [1.29, 1.82) is 0 Å². The zero-order valence-corrected chi connectivity index (χ0v) is 14.1. The van der Waals surface area contributed by atoms with E-state index in [1.807, 2.05) is 44.4 Å². The summed E-state index contributed by atoms with van der Waals surface area (Å²) in [6.45, 7) is 5.28. The number of nitrogens with one attached hydrogen (secondary N) is 2. The number of thioether (sulfide) groups is 1. The van der Waals surface area contributed by atoms with Crippen molar-refractivity contribution in [1.82, 2.24) is 10.6 Å². The third kappa shape index (κ3) is 3.94. The van der Waals surface area contributed by atoms with Gasteiger partial charge in [0.25, 0.3) is 0 Å². The maximum Gasteiger partial charge on any atom is 0.321 e. The summed E-state index contributed by atoms with van der Waals surface area (Å²) in [6, 6.07) is 7.68. The van der Waals surface area contributed by atoms with Gasteiger partial charge in [0.05, 0.1) is 6.04 Å². The lowest BCUT2D eigenvalue weighted by molar-refractivity contribution is -0.124. The monoisotopic (exact) mass is 321 g/mol. The predicted octanol–water partition coefficient (Wildman–Crippen LogP) is 2.39. The standard InChI is InChI=1S/C16H23N3O2S/c1-11(10-22-3)15(20)18-12(2)13-4-6-14(7-5-13)19-9-8-17-16(19)21/h4-7,11-12H,8-10H2,1-3H3,(H,17,21)(H,18,20). The van der Waals surface area contributed by atoms with Crippen molar-refractivity contribution in [3.8, 4) is 0 Å². The minimum absolute atomic E-state index is 0.00465. The van der Waals surface area contributed by atoms with Crippen LogP contribution in [0.4, 0.5) is 10.5 Å². The fourth-order valence-electron chi connectivity index (χ4n) is 2.43. The van der Waals surface area contributed by atoms with Crippen molar-refractivity contribution in [2.75, 3.05) is 30.0 Å². The Morgan fingerprint density at radius 2 is 2.05 bits per heavy atom. The SMILES string of the molecule is CSCC(C)C(=O)NC(C)c1ccc(N2CCNC2=O)cc1. The largest absolute Gasteiger partial charge is 0.349 e. The molecule has 1 saturated heterocycles. The van der Waals surface area contributed by atoms with Crippen LogP contribution < -0.4 is 15.5 Å². The van der Waals surface area contributed by atoms with Gasteiger partial charge in [0.15, 0.2) is 0 Å². The van der Waals surface area contributed by atoms with Gasteiger partial charge in [0, 0.05) is 30.4 Å². The second-order valence-corrected chi connectivity index (χ2v) is 6.47. The van der Waals surface area contributed by atoms with Crippen molar-refractivity contribution in [2.24, 2.45) is 5.92 Å². The van der Waals surface area contributed by atoms with E-state index in [1.165, 1.54) is 0 Å². The van der Waals surface area contributed by atoms with Gasteiger partial charge in [0.1, 0.15) is 0 Å². The second-order valence-electron chi connectivity index (χ2n) is 5.56. The van der Waals surface area contributed by atoms with E-state index < -0.39 is 0 Å². The normalized spacial score (nSPS) is 17.0. The molecule has 2 rings (SSSR count). The van der Waals surface area contributed by atoms with Gasteiger partial charge in [-0.2, -0.15) is 11.8 Å². The van der Waals surface area contributed by atoms with Crippen molar-refractivity contribution in [3.63, 3.8) is 0 Å². The highest BCUT2D eigenvalue weighted by atomic mass is 32.2. The number of amides is 3. The first kappa shape index (κ1) is 16.7. The first-order chi connectivity index (χ1) is 10.5. The summed E-state index contributed by atoms with van der Waals surface area (Å²) in [5.74, 6) is 0.900. The van der Waals surface area contributed by atoms with Crippen LogP contribution >= 0.6 is 11.8 Å². The van der Waals surface area contributed by atoms with E-state index in [4.69, 9.17) is 0 Å². The van der Waals surface area contributed by atoms with Crippen LogP contribution in [0.2, 0.25) is 0 Å². The Morgan fingerprint density at radius 1 is 1.36 bits per heavy atom. The smallest absolute Gasteiger partial charge is 0.321 e. The van der Waals surface area contributed by atoms with Gasteiger partial charge in [-0.25, -0.2) is 4.79 Å². The van der Waals surface area contributed by atoms with Crippen molar-refractivity contribution < 1.29 is 9.59 Å². The Bertz CT molecular complexity index is 533. The molecule has 1 fully saturated rings. The van der Waals surface area contributed by atoms with E-state index in [9.17, 15) is 9.59 Å². The summed E-state index contributed by atoms with van der Waals surface area (Å²) in [4.78, 5) is 25.4. The zero-order valence-electron chi connectivity index (χ0n) is 13.3. The first-order valence-electron chi connectivity index (χ1n) is 7.47. The van der Waals surface area contributed by atoms with E-state index in [2.05, 4.69) is 10.6 Å². The third-order valence-corrected chi connectivity index (χ3v) is 4.62. The lowest BCUT2D eigenvalue weighted by Gasteiger charge is -2.19. The molecule has 1 aromatic rings.